The van der Waals surface area contributed by atoms with Gasteiger partial charge in [0.05, 0.1) is 6.42 Å². The van der Waals surface area contributed by atoms with E-state index >= 15 is 0 Å². The highest BCUT2D eigenvalue weighted by atomic mass is 19.1. The first kappa shape index (κ1) is 19.1. The van der Waals surface area contributed by atoms with Crippen LogP contribution in [0.4, 0.5) is 4.39 Å². The summed E-state index contributed by atoms with van der Waals surface area (Å²) < 4.78 is 13.3. The van der Waals surface area contributed by atoms with E-state index in [0.717, 1.165) is 17.5 Å². The number of hydrogen-bond acceptors (Lipinski definition) is 2. The van der Waals surface area contributed by atoms with Crippen molar-refractivity contribution in [2.45, 2.75) is 26.7 Å². The fourth-order valence-corrected chi connectivity index (χ4v) is 3.36. The molecule has 2 amide bonds. The van der Waals surface area contributed by atoms with Crippen molar-refractivity contribution in [2.75, 3.05) is 26.2 Å². The van der Waals surface area contributed by atoms with Gasteiger partial charge in [0.2, 0.25) is 5.91 Å². The maximum Gasteiger partial charge on any atom is 0.253 e. The molecule has 0 spiro atoms. The van der Waals surface area contributed by atoms with Crippen molar-refractivity contribution in [1.29, 1.82) is 0 Å². The van der Waals surface area contributed by atoms with E-state index in [1.807, 2.05) is 36.9 Å². The fourth-order valence-electron chi connectivity index (χ4n) is 3.36. The molecule has 0 radical (unpaired) electrons. The molecule has 4 nitrogen and oxygen atoms in total. The van der Waals surface area contributed by atoms with Crippen LogP contribution in [0.3, 0.4) is 0 Å². The predicted octanol–water partition coefficient (Wildman–Crippen LogP) is 3.36. The predicted molar refractivity (Wildman–Crippen MR) is 103 cm³/mol. The van der Waals surface area contributed by atoms with Gasteiger partial charge in [-0.25, -0.2) is 4.39 Å². The van der Waals surface area contributed by atoms with E-state index in [4.69, 9.17) is 0 Å². The molecule has 1 fully saturated rings. The SMILES string of the molecule is Cc1ccc(C(=O)N2CCCN(C(=O)Cc3cccc(F)c3)CC2)cc1C. The number of carbonyl (C=O) groups is 2. The summed E-state index contributed by atoms with van der Waals surface area (Å²) in [6.07, 6.45) is 0.925. The summed E-state index contributed by atoms with van der Waals surface area (Å²) in [7, 11) is 0. The van der Waals surface area contributed by atoms with Gasteiger partial charge < -0.3 is 9.80 Å². The van der Waals surface area contributed by atoms with Gasteiger partial charge in [-0.2, -0.15) is 0 Å². The summed E-state index contributed by atoms with van der Waals surface area (Å²) in [5, 5.41) is 0. The van der Waals surface area contributed by atoms with Crippen LogP contribution in [0.15, 0.2) is 42.5 Å². The topological polar surface area (TPSA) is 40.6 Å². The molecule has 1 aliphatic heterocycles. The standard InChI is InChI=1S/C22H25FN2O2/c1-16-7-8-19(13-17(16)2)22(27)25-10-4-9-24(11-12-25)21(26)15-18-5-3-6-20(23)14-18/h3,5-8,13-14H,4,9-12,15H2,1-2H3. The summed E-state index contributed by atoms with van der Waals surface area (Å²) >= 11 is 0. The lowest BCUT2D eigenvalue weighted by Crippen LogP contribution is -2.38. The van der Waals surface area contributed by atoms with E-state index < -0.39 is 0 Å². The lowest BCUT2D eigenvalue weighted by Gasteiger charge is -2.22. The van der Waals surface area contributed by atoms with Gasteiger partial charge in [-0.1, -0.05) is 18.2 Å². The van der Waals surface area contributed by atoms with Crippen molar-refractivity contribution in [3.05, 3.63) is 70.5 Å². The molecule has 3 rings (SSSR count). The van der Waals surface area contributed by atoms with Crippen LogP contribution in [0.1, 0.15) is 33.5 Å². The highest BCUT2D eigenvalue weighted by Gasteiger charge is 2.23. The number of nitrogens with zero attached hydrogens (tertiary/aromatic N) is 2. The molecule has 0 unspecified atom stereocenters. The number of carbonyl (C=O) groups excluding carboxylic acids is 2. The van der Waals surface area contributed by atoms with Gasteiger partial charge >= 0.3 is 0 Å². The Balaban J connectivity index is 1.62. The molecule has 0 atom stereocenters. The monoisotopic (exact) mass is 368 g/mol. The molecule has 1 aliphatic rings. The van der Waals surface area contributed by atoms with Gasteiger partial charge in [-0.15, -0.1) is 0 Å². The Hall–Kier alpha value is -2.69. The minimum absolute atomic E-state index is 0.0116. The first-order valence-corrected chi connectivity index (χ1v) is 9.33. The summed E-state index contributed by atoms with van der Waals surface area (Å²) in [4.78, 5) is 29.0. The molecule has 5 heteroatoms. The zero-order chi connectivity index (χ0) is 19.4. The molecular weight excluding hydrogens is 343 g/mol. The number of hydrogen-bond donors (Lipinski definition) is 0. The Kier molecular flexibility index (Phi) is 5.89. The zero-order valence-electron chi connectivity index (χ0n) is 15.9. The lowest BCUT2D eigenvalue weighted by molar-refractivity contribution is -0.130. The maximum atomic E-state index is 13.3. The number of amides is 2. The lowest BCUT2D eigenvalue weighted by atomic mass is 10.1. The summed E-state index contributed by atoms with van der Waals surface area (Å²) in [5.74, 6) is -0.347. The van der Waals surface area contributed by atoms with Crippen LogP contribution in [-0.2, 0) is 11.2 Å². The van der Waals surface area contributed by atoms with Crippen molar-refractivity contribution in [3.63, 3.8) is 0 Å². The van der Waals surface area contributed by atoms with Crippen LogP contribution in [0.5, 0.6) is 0 Å². The van der Waals surface area contributed by atoms with Crippen molar-refractivity contribution in [2.24, 2.45) is 0 Å². The smallest absolute Gasteiger partial charge is 0.253 e. The third-order valence-corrected chi connectivity index (χ3v) is 5.13. The molecule has 0 bridgehead atoms. The first-order valence-electron chi connectivity index (χ1n) is 9.33. The Morgan fingerprint density at radius 3 is 2.41 bits per heavy atom. The second kappa shape index (κ2) is 8.33. The van der Waals surface area contributed by atoms with E-state index in [2.05, 4.69) is 0 Å². The Labute approximate surface area is 159 Å². The van der Waals surface area contributed by atoms with E-state index in [1.54, 1.807) is 17.0 Å². The van der Waals surface area contributed by atoms with Gasteiger partial charge in [0.1, 0.15) is 5.82 Å². The second-order valence-corrected chi connectivity index (χ2v) is 7.13. The molecule has 0 N–H and O–H groups in total. The minimum atomic E-state index is -0.332. The average Bonchev–Trinajstić information content (AvgIpc) is 2.90. The van der Waals surface area contributed by atoms with Crippen LogP contribution in [0, 0.1) is 19.7 Å². The second-order valence-electron chi connectivity index (χ2n) is 7.13. The summed E-state index contributed by atoms with van der Waals surface area (Å²) in [5.41, 5.74) is 3.63. The average molecular weight is 368 g/mol. The molecule has 1 saturated heterocycles. The van der Waals surface area contributed by atoms with Gasteiger partial charge in [0.25, 0.3) is 5.91 Å². The van der Waals surface area contributed by atoms with Crippen LogP contribution in [0.2, 0.25) is 0 Å². The Bertz CT molecular complexity index is 850. The molecule has 0 aromatic heterocycles. The first-order chi connectivity index (χ1) is 12.9. The van der Waals surface area contributed by atoms with Crippen molar-refractivity contribution < 1.29 is 14.0 Å². The normalized spacial score (nSPS) is 14.8. The van der Waals surface area contributed by atoms with Crippen LogP contribution in [-0.4, -0.2) is 47.8 Å². The molecule has 2 aromatic carbocycles. The quantitative estimate of drug-likeness (QED) is 0.834. The molecule has 0 aliphatic carbocycles. The van der Waals surface area contributed by atoms with Gasteiger partial charge in [0, 0.05) is 31.7 Å². The van der Waals surface area contributed by atoms with Gasteiger partial charge in [0.15, 0.2) is 0 Å². The Morgan fingerprint density at radius 1 is 0.926 bits per heavy atom. The number of aryl methyl sites for hydroxylation is 2. The largest absolute Gasteiger partial charge is 0.341 e. The summed E-state index contributed by atoms with van der Waals surface area (Å²) in [6, 6.07) is 11.9. The number of rotatable bonds is 3. The van der Waals surface area contributed by atoms with Crippen molar-refractivity contribution in [3.8, 4) is 0 Å². The van der Waals surface area contributed by atoms with Crippen LogP contribution in [0.25, 0.3) is 0 Å². The molecule has 1 heterocycles. The Morgan fingerprint density at radius 2 is 1.67 bits per heavy atom. The zero-order valence-corrected chi connectivity index (χ0v) is 15.9. The molecular formula is C22H25FN2O2. The number of halogens is 1. The molecule has 27 heavy (non-hydrogen) atoms. The van der Waals surface area contributed by atoms with E-state index in [9.17, 15) is 14.0 Å². The number of benzene rings is 2. The van der Waals surface area contributed by atoms with Gasteiger partial charge in [-0.3, -0.25) is 9.59 Å². The van der Waals surface area contributed by atoms with E-state index in [0.29, 0.717) is 37.3 Å². The van der Waals surface area contributed by atoms with Crippen LogP contribution < -0.4 is 0 Å². The highest BCUT2D eigenvalue weighted by Crippen LogP contribution is 2.15. The fraction of sp³-hybridized carbons (Fsp3) is 0.364. The molecule has 0 saturated carbocycles. The molecule has 142 valence electrons. The highest BCUT2D eigenvalue weighted by molar-refractivity contribution is 5.94. The third-order valence-electron chi connectivity index (χ3n) is 5.13. The van der Waals surface area contributed by atoms with Gasteiger partial charge in [-0.05, 0) is 61.2 Å². The minimum Gasteiger partial charge on any atom is -0.341 e. The third kappa shape index (κ3) is 4.73. The van der Waals surface area contributed by atoms with Crippen molar-refractivity contribution >= 4 is 11.8 Å². The van der Waals surface area contributed by atoms with Crippen LogP contribution >= 0.6 is 0 Å². The van der Waals surface area contributed by atoms with Crippen molar-refractivity contribution in [1.82, 2.24) is 9.80 Å². The van der Waals surface area contributed by atoms with E-state index in [1.165, 1.54) is 12.1 Å². The van der Waals surface area contributed by atoms with E-state index in [-0.39, 0.29) is 24.1 Å². The summed E-state index contributed by atoms with van der Waals surface area (Å²) in [6.45, 7) is 6.30. The molecule has 2 aromatic rings. The maximum absolute atomic E-state index is 13.3.